The SMILES string of the molecule is CNC(C)c1cnn(-c2cccc(Cl)c2)c1C. The molecule has 17 heavy (non-hydrogen) atoms. The normalized spacial score (nSPS) is 12.7. The molecule has 0 saturated carbocycles. The fourth-order valence-electron chi connectivity index (χ4n) is 1.87. The van der Waals surface area contributed by atoms with Crippen LogP contribution in [0.25, 0.3) is 5.69 Å². The lowest BCUT2D eigenvalue weighted by Crippen LogP contribution is -2.13. The molecule has 0 fully saturated rings. The lowest BCUT2D eigenvalue weighted by atomic mass is 10.1. The summed E-state index contributed by atoms with van der Waals surface area (Å²) in [6.07, 6.45) is 1.90. The van der Waals surface area contributed by atoms with Gasteiger partial charge in [0.05, 0.1) is 11.9 Å². The van der Waals surface area contributed by atoms with Gasteiger partial charge in [0.2, 0.25) is 0 Å². The number of nitrogens with zero attached hydrogens (tertiary/aromatic N) is 2. The highest BCUT2D eigenvalue weighted by Gasteiger charge is 2.12. The summed E-state index contributed by atoms with van der Waals surface area (Å²) in [6, 6.07) is 8.00. The van der Waals surface area contributed by atoms with Gasteiger partial charge in [-0.2, -0.15) is 5.10 Å². The van der Waals surface area contributed by atoms with Crippen LogP contribution in [-0.4, -0.2) is 16.8 Å². The van der Waals surface area contributed by atoms with E-state index in [4.69, 9.17) is 11.6 Å². The van der Waals surface area contributed by atoms with E-state index in [9.17, 15) is 0 Å². The van der Waals surface area contributed by atoms with Crippen LogP contribution in [0, 0.1) is 6.92 Å². The molecule has 0 aliphatic rings. The maximum absolute atomic E-state index is 5.99. The van der Waals surface area contributed by atoms with Crippen LogP contribution >= 0.6 is 11.6 Å². The van der Waals surface area contributed by atoms with Crippen LogP contribution in [0.4, 0.5) is 0 Å². The van der Waals surface area contributed by atoms with E-state index in [1.165, 1.54) is 5.56 Å². The first kappa shape index (κ1) is 12.1. The van der Waals surface area contributed by atoms with E-state index < -0.39 is 0 Å². The van der Waals surface area contributed by atoms with Gasteiger partial charge in [0.25, 0.3) is 0 Å². The molecule has 0 radical (unpaired) electrons. The summed E-state index contributed by atoms with van der Waals surface area (Å²) in [5.41, 5.74) is 3.33. The smallest absolute Gasteiger partial charge is 0.0663 e. The van der Waals surface area contributed by atoms with Crippen molar-refractivity contribution in [1.29, 1.82) is 0 Å². The summed E-state index contributed by atoms with van der Waals surface area (Å²) in [6.45, 7) is 4.18. The van der Waals surface area contributed by atoms with Crippen LogP contribution in [0.3, 0.4) is 0 Å². The minimum atomic E-state index is 0.294. The largest absolute Gasteiger partial charge is 0.313 e. The molecule has 0 saturated heterocycles. The molecule has 1 aromatic carbocycles. The monoisotopic (exact) mass is 249 g/mol. The third kappa shape index (κ3) is 2.35. The second-order valence-electron chi connectivity index (χ2n) is 4.09. The van der Waals surface area contributed by atoms with Gasteiger partial charge in [0.15, 0.2) is 0 Å². The standard InChI is InChI=1S/C13H16ClN3/c1-9(15-3)13-8-16-17(10(13)2)12-6-4-5-11(14)7-12/h4-9,15H,1-3H3. The van der Waals surface area contributed by atoms with E-state index >= 15 is 0 Å². The van der Waals surface area contributed by atoms with Crippen molar-refractivity contribution < 1.29 is 0 Å². The van der Waals surface area contributed by atoms with Crippen molar-refractivity contribution in [1.82, 2.24) is 15.1 Å². The summed E-state index contributed by atoms with van der Waals surface area (Å²) >= 11 is 5.99. The maximum Gasteiger partial charge on any atom is 0.0663 e. The number of halogens is 1. The highest BCUT2D eigenvalue weighted by molar-refractivity contribution is 6.30. The Labute approximate surface area is 106 Å². The van der Waals surface area contributed by atoms with E-state index in [0.717, 1.165) is 16.4 Å². The molecular formula is C13H16ClN3. The Kier molecular flexibility index (Phi) is 3.50. The third-order valence-electron chi connectivity index (χ3n) is 3.00. The van der Waals surface area contributed by atoms with Gasteiger partial charge in [-0.25, -0.2) is 4.68 Å². The fourth-order valence-corrected chi connectivity index (χ4v) is 2.06. The summed E-state index contributed by atoms with van der Waals surface area (Å²) in [7, 11) is 1.95. The van der Waals surface area contributed by atoms with Crippen LogP contribution in [0.1, 0.15) is 24.2 Å². The van der Waals surface area contributed by atoms with Crippen LogP contribution in [-0.2, 0) is 0 Å². The van der Waals surface area contributed by atoms with E-state index in [0.29, 0.717) is 6.04 Å². The molecule has 1 unspecified atom stereocenters. The average molecular weight is 250 g/mol. The van der Waals surface area contributed by atoms with Crippen LogP contribution in [0.2, 0.25) is 5.02 Å². The van der Waals surface area contributed by atoms with Gasteiger partial charge in [-0.3, -0.25) is 0 Å². The molecule has 2 aromatic rings. The molecule has 4 heteroatoms. The summed E-state index contributed by atoms with van der Waals surface area (Å²) in [4.78, 5) is 0. The Bertz CT molecular complexity index is 519. The topological polar surface area (TPSA) is 29.9 Å². The zero-order valence-corrected chi connectivity index (χ0v) is 11.0. The number of hydrogen-bond donors (Lipinski definition) is 1. The van der Waals surface area contributed by atoms with Crippen LogP contribution < -0.4 is 5.32 Å². The van der Waals surface area contributed by atoms with Crippen molar-refractivity contribution in [2.75, 3.05) is 7.05 Å². The van der Waals surface area contributed by atoms with Crippen molar-refractivity contribution in [3.63, 3.8) is 0 Å². The van der Waals surface area contributed by atoms with Crippen molar-refractivity contribution in [3.05, 3.63) is 46.7 Å². The highest BCUT2D eigenvalue weighted by atomic mass is 35.5. The second-order valence-corrected chi connectivity index (χ2v) is 4.52. The van der Waals surface area contributed by atoms with E-state index in [2.05, 4.69) is 24.3 Å². The first-order valence-electron chi connectivity index (χ1n) is 5.61. The Morgan fingerprint density at radius 3 is 2.82 bits per heavy atom. The van der Waals surface area contributed by atoms with E-state index in [-0.39, 0.29) is 0 Å². The van der Waals surface area contributed by atoms with Gasteiger partial charge in [0.1, 0.15) is 0 Å². The number of aromatic nitrogens is 2. The molecule has 2 rings (SSSR count). The molecular weight excluding hydrogens is 234 g/mol. The molecule has 90 valence electrons. The maximum atomic E-state index is 5.99. The van der Waals surface area contributed by atoms with Gasteiger partial charge in [-0.1, -0.05) is 17.7 Å². The van der Waals surface area contributed by atoms with Crippen molar-refractivity contribution in [3.8, 4) is 5.69 Å². The van der Waals surface area contributed by atoms with Crippen molar-refractivity contribution in [2.45, 2.75) is 19.9 Å². The minimum absolute atomic E-state index is 0.294. The van der Waals surface area contributed by atoms with Crippen molar-refractivity contribution >= 4 is 11.6 Å². The molecule has 0 amide bonds. The number of nitrogens with one attached hydrogen (secondary N) is 1. The number of rotatable bonds is 3. The van der Waals surface area contributed by atoms with Gasteiger partial charge in [-0.05, 0) is 39.1 Å². The number of hydrogen-bond acceptors (Lipinski definition) is 2. The predicted molar refractivity (Wildman–Crippen MR) is 70.8 cm³/mol. The first-order chi connectivity index (χ1) is 8.13. The zero-order chi connectivity index (χ0) is 12.4. The molecule has 1 aromatic heterocycles. The predicted octanol–water partition coefficient (Wildman–Crippen LogP) is 3.11. The molecule has 0 bridgehead atoms. The molecule has 0 aliphatic heterocycles. The van der Waals surface area contributed by atoms with Gasteiger partial charge < -0.3 is 5.32 Å². The first-order valence-corrected chi connectivity index (χ1v) is 5.99. The second kappa shape index (κ2) is 4.90. The zero-order valence-electron chi connectivity index (χ0n) is 10.2. The minimum Gasteiger partial charge on any atom is -0.313 e. The van der Waals surface area contributed by atoms with Gasteiger partial charge in [-0.15, -0.1) is 0 Å². The van der Waals surface area contributed by atoms with Crippen LogP contribution in [0.15, 0.2) is 30.5 Å². The Balaban J connectivity index is 2.44. The quantitative estimate of drug-likeness (QED) is 0.906. The molecule has 1 atom stereocenters. The Hall–Kier alpha value is -1.32. The lowest BCUT2D eigenvalue weighted by molar-refractivity contribution is 0.647. The summed E-state index contributed by atoms with van der Waals surface area (Å²) in [5, 5.41) is 8.36. The van der Waals surface area contributed by atoms with E-state index in [1.54, 1.807) is 0 Å². The Morgan fingerprint density at radius 2 is 2.18 bits per heavy atom. The molecule has 3 nitrogen and oxygen atoms in total. The Morgan fingerprint density at radius 1 is 1.41 bits per heavy atom. The van der Waals surface area contributed by atoms with Gasteiger partial charge in [0, 0.05) is 22.3 Å². The molecule has 0 spiro atoms. The molecule has 0 aliphatic carbocycles. The third-order valence-corrected chi connectivity index (χ3v) is 3.24. The van der Waals surface area contributed by atoms with Crippen molar-refractivity contribution in [2.24, 2.45) is 0 Å². The fraction of sp³-hybridized carbons (Fsp3) is 0.308. The highest BCUT2D eigenvalue weighted by Crippen LogP contribution is 2.21. The summed E-state index contributed by atoms with van der Waals surface area (Å²) in [5.74, 6) is 0. The van der Waals surface area contributed by atoms with E-state index in [1.807, 2.05) is 42.2 Å². The number of benzene rings is 1. The van der Waals surface area contributed by atoms with Gasteiger partial charge >= 0.3 is 0 Å². The molecule has 1 heterocycles. The molecule has 1 N–H and O–H groups in total. The summed E-state index contributed by atoms with van der Waals surface area (Å²) < 4.78 is 1.91. The lowest BCUT2D eigenvalue weighted by Gasteiger charge is -2.10. The van der Waals surface area contributed by atoms with Crippen LogP contribution in [0.5, 0.6) is 0 Å². The average Bonchev–Trinajstić information content (AvgIpc) is 2.70.